The van der Waals surface area contributed by atoms with Crippen LogP contribution in [0.3, 0.4) is 0 Å². The summed E-state index contributed by atoms with van der Waals surface area (Å²) < 4.78 is 36.8. The fourth-order valence-electron chi connectivity index (χ4n) is 6.10. The molecule has 0 bridgehead atoms. The van der Waals surface area contributed by atoms with Gasteiger partial charge in [-0.1, -0.05) is 49.7 Å². The standard InChI is InChI=1S/C27H34O5S/c1-19-11-13-22(14-12-19)33(29,30)31-18-20(2)23-15-16-24-25(10-7-17-27(23,24)3)32-26(28)21-8-5-4-6-9-21/h4-6,8-9,11-14,20,23-25H,7,10,15-18H2,1-3H3/t20-,23+,24-,25?,27+/m0/s1. The summed E-state index contributed by atoms with van der Waals surface area (Å²) >= 11 is 0. The van der Waals surface area contributed by atoms with Gasteiger partial charge in [0.2, 0.25) is 0 Å². The van der Waals surface area contributed by atoms with Crippen LogP contribution < -0.4 is 0 Å². The second kappa shape index (κ2) is 9.59. The van der Waals surface area contributed by atoms with Gasteiger partial charge in [0, 0.05) is 5.92 Å². The fraction of sp³-hybridized carbons (Fsp3) is 0.519. The topological polar surface area (TPSA) is 69.7 Å². The van der Waals surface area contributed by atoms with Crippen LogP contribution in [-0.2, 0) is 19.0 Å². The number of benzene rings is 2. The molecule has 178 valence electrons. The molecule has 0 N–H and O–H groups in total. The van der Waals surface area contributed by atoms with E-state index in [0.29, 0.717) is 17.4 Å². The molecule has 0 spiro atoms. The molecular formula is C27H34O5S. The van der Waals surface area contributed by atoms with Crippen LogP contribution in [0, 0.1) is 30.1 Å². The Morgan fingerprint density at radius 2 is 1.76 bits per heavy atom. The van der Waals surface area contributed by atoms with Crippen LogP contribution in [-0.4, -0.2) is 27.1 Å². The molecule has 0 aromatic heterocycles. The first-order chi connectivity index (χ1) is 15.7. The number of ether oxygens (including phenoxy) is 1. The maximum Gasteiger partial charge on any atom is 0.338 e. The highest BCUT2D eigenvalue weighted by Crippen LogP contribution is 2.58. The minimum Gasteiger partial charge on any atom is -0.458 e. The van der Waals surface area contributed by atoms with Crippen molar-refractivity contribution < 1.29 is 22.1 Å². The van der Waals surface area contributed by atoms with Crippen LogP contribution in [0.5, 0.6) is 0 Å². The Bertz CT molecular complexity index is 1060. The Kier molecular flexibility index (Phi) is 6.96. The molecule has 33 heavy (non-hydrogen) atoms. The van der Waals surface area contributed by atoms with E-state index in [1.165, 1.54) is 0 Å². The molecule has 0 radical (unpaired) electrons. The van der Waals surface area contributed by atoms with Crippen molar-refractivity contribution in [3.05, 3.63) is 65.7 Å². The summed E-state index contributed by atoms with van der Waals surface area (Å²) in [4.78, 5) is 12.9. The molecule has 0 amide bonds. The number of hydrogen-bond donors (Lipinski definition) is 0. The molecule has 5 atom stereocenters. The molecule has 2 fully saturated rings. The third-order valence-electron chi connectivity index (χ3n) is 7.89. The Balaban J connectivity index is 1.41. The van der Waals surface area contributed by atoms with Crippen LogP contribution in [0.25, 0.3) is 0 Å². The Morgan fingerprint density at radius 3 is 2.45 bits per heavy atom. The predicted octanol–water partition coefficient (Wildman–Crippen LogP) is 5.78. The van der Waals surface area contributed by atoms with Gasteiger partial charge in [0.1, 0.15) is 6.10 Å². The molecule has 2 aromatic rings. The van der Waals surface area contributed by atoms with Gasteiger partial charge in [-0.05, 0) is 80.5 Å². The molecule has 0 aliphatic heterocycles. The number of esters is 1. The SMILES string of the molecule is Cc1ccc(S(=O)(=O)OC[C@H](C)[C@H]2CC[C@H]3C(OC(=O)c4ccccc4)CCC[C@]23C)cc1. The molecule has 6 heteroatoms. The number of fused-ring (bicyclic) bond motifs is 1. The average Bonchev–Trinajstić information content (AvgIpc) is 3.16. The minimum atomic E-state index is -3.78. The molecule has 2 aliphatic carbocycles. The van der Waals surface area contributed by atoms with E-state index in [-0.39, 0.29) is 34.9 Å². The predicted molar refractivity (Wildman–Crippen MR) is 127 cm³/mol. The van der Waals surface area contributed by atoms with E-state index < -0.39 is 10.1 Å². The van der Waals surface area contributed by atoms with Crippen molar-refractivity contribution in [3.63, 3.8) is 0 Å². The van der Waals surface area contributed by atoms with E-state index in [9.17, 15) is 13.2 Å². The van der Waals surface area contributed by atoms with E-state index in [1.807, 2.05) is 25.1 Å². The van der Waals surface area contributed by atoms with Crippen LogP contribution >= 0.6 is 0 Å². The Labute approximate surface area is 197 Å². The lowest BCUT2D eigenvalue weighted by Crippen LogP contribution is -2.43. The molecule has 4 rings (SSSR count). The molecule has 2 saturated carbocycles. The molecule has 1 unspecified atom stereocenters. The highest BCUT2D eigenvalue weighted by Gasteiger charge is 2.53. The highest BCUT2D eigenvalue weighted by molar-refractivity contribution is 7.86. The van der Waals surface area contributed by atoms with Gasteiger partial charge in [-0.2, -0.15) is 8.42 Å². The largest absolute Gasteiger partial charge is 0.458 e. The average molecular weight is 471 g/mol. The van der Waals surface area contributed by atoms with Crippen molar-refractivity contribution in [2.75, 3.05) is 6.61 Å². The van der Waals surface area contributed by atoms with Gasteiger partial charge in [0.05, 0.1) is 17.1 Å². The zero-order chi connectivity index (χ0) is 23.6. The third-order valence-corrected chi connectivity index (χ3v) is 9.18. The zero-order valence-corrected chi connectivity index (χ0v) is 20.5. The molecule has 0 heterocycles. The Morgan fingerprint density at radius 1 is 1.06 bits per heavy atom. The van der Waals surface area contributed by atoms with Crippen LogP contribution in [0.2, 0.25) is 0 Å². The van der Waals surface area contributed by atoms with Crippen molar-refractivity contribution in [1.82, 2.24) is 0 Å². The number of carbonyl (C=O) groups is 1. The highest BCUT2D eigenvalue weighted by atomic mass is 32.2. The van der Waals surface area contributed by atoms with Gasteiger partial charge >= 0.3 is 5.97 Å². The van der Waals surface area contributed by atoms with Gasteiger partial charge in [0.15, 0.2) is 0 Å². The summed E-state index contributed by atoms with van der Waals surface area (Å²) in [7, 11) is -3.78. The number of rotatable bonds is 7. The van der Waals surface area contributed by atoms with Gasteiger partial charge in [-0.3, -0.25) is 4.18 Å². The molecule has 2 aromatic carbocycles. The van der Waals surface area contributed by atoms with Gasteiger partial charge in [0.25, 0.3) is 10.1 Å². The minimum absolute atomic E-state index is 0.0102. The van der Waals surface area contributed by atoms with Crippen molar-refractivity contribution >= 4 is 16.1 Å². The summed E-state index contributed by atoms with van der Waals surface area (Å²) in [5, 5.41) is 0. The zero-order valence-electron chi connectivity index (χ0n) is 19.7. The van der Waals surface area contributed by atoms with Crippen LogP contribution in [0.4, 0.5) is 0 Å². The number of carbonyl (C=O) groups excluding carboxylic acids is 1. The maximum atomic E-state index is 12.7. The van der Waals surface area contributed by atoms with Crippen molar-refractivity contribution in [2.24, 2.45) is 23.2 Å². The van der Waals surface area contributed by atoms with Crippen molar-refractivity contribution in [2.45, 2.75) is 63.9 Å². The second-order valence-electron chi connectivity index (χ2n) is 10.0. The smallest absolute Gasteiger partial charge is 0.338 e. The van der Waals surface area contributed by atoms with E-state index >= 15 is 0 Å². The summed E-state index contributed by atoms with van der Waals surface area (Å²) in [6, 6.07) is 15.9. The van der Waals surface area contributed by atoms with Crippen LogP contribution in [0.15, 0.2) is 59.5 Å². The normalized spacial score (nSPS) is 28.2. The monoisotopic (exact) mass is 470 g/mol. The van der Waals surface area contributed by atoms with E-state index in [4.69, 9.17) is 8.92 Å². The van der Waals surface area contributed by atoms with E-state index in [2.05, 4.69) is 13.8 Å². The lowest BCUT2D eigenvalue weighted by Gasteiger charge is -2.46. The van der Waals surface area contributed by atoms with Crippen molar-refractivity contribution in [1.29, 1.82) is 0 Å². The third kappa shape index (κ3) is 5.02. The lowest BCUT2D eigenvalue weighted by atomic mass is 9.62. The molecule has 2 aliphatic rings. The van der Waals surface area contributed by atoms with E-state index in [0.717, 1.165) is 37.7 Å². The van der Waals surface area contributed by atoms with Gasteiger partial charge in [-0.15, -0.1) is 0 Å². The molecular weight excluding hydrogens is 436 g/mol. The molecule has 5 nitrogen and oxygen atoms in total. The number of hydrogen-bond acceptors (Lipinski definition) is 5. The summed E-state index contributed by atoms with van der Waals surface area (Å²) in [6.45, 7) is 6.47. The number of aryl methyl sites for hydroxylation is 1. The first-order valence-corrected chi connectivity index (χ1v) is 13.3. The summed E-state index contributed by atoms with van der Waals surface area (Å²) in [5.41, 5.74) is 1.60. The van der Waals surface area contributed by atoms with Crippen LogP contribution in [0.1, 0.15) is 61.9 Å². The molecule has 0 saturated heterocycles. The summed E-state index contributed by atoms with van der Waals surface area (Å²) in [6.07, 6.45) is 4.85. The maximum absolute atomic E-state index is 12.7. The summed E-state index contributed by atoms with van der Waals surface area (Å²) in [5.74, 6) is 0.451. The van der Waals surface area contributed by atoms with Gasteiger partial charge < -0.3 is 4.74 Å². The quantitative estimate of drug-likeness (QED) is 0.379. The Hall–Kier alpha value is -2.18. The first-order valence-electron chi connectivity index (χ1n) is 11.9. The van der Waals surface area contributed by atoms with Crippen molar-refractivity contribution in [3.8, 4) is 0 Å². The van der Waals surface area contributed by atoms with Gasteiger partial charge in [-0.25, -0.2) is 4.79 Å². The second-order valence-corrected chi connectivity index (χ2v) is 11.6. The lowest BCUT2D eigenvalue weighted by molar-refractivity contribution is -0.0490. The van der Waals surface area contributed by atoms with E-state index in [1.54, 1.807) is 36.4 Å². The first kappa shape index (κ1) is 24.0. The fourth-order valence-corrected chi connectivity index (χ4v) is 7.10.